The topological polar surface area (TPSA) is 59.7 Å². The molecule has 6 nitrogen and oxygen atoms in total. The summed E-state index contributed by atoms with van der Waals surface area (Å²) in [7, 11) is 1.89. The normalized spacial score (nSPS) is 10.4. The number of nitrogens with zero attached hydrogens (tertiary/aromatic N) is 6. The van der Waals surface area contributed by atoms with Crippen molar-refractivity contribution in [1.82, 2.24) is 24.7 Å². The van der Waals surface area contributed by atoms with Gasteiger partial charge in [-0.05, 0) is 24.6 Å². The molecule has 0 aliphatic rings. The van der Waals surface area contributed by atoms with E-state index in [9.17, 15) is 0 Å². The van der Waals surface area contributed by atoms with E-state index in [2.05, 4.69) is 20.1 Å². The molecule has 0 saturated carbocycles. The average Bonchev–Trinajstić information content (AvgIpc) is 2.80. The first-order valence-electron chi connectivity index (χ1n) is 4.83. The third-order valence-electron chi connectivity index (χ3n) is 2.11. The number of rotatable bonds is 3. The van der Waals surface area contributed by atoms with Crippen LogP contribution in [0.25, 0.3) is 5.95 Å². The molecule has 0 radical (unpaired) electrons. The molecule has 0 spiro atoms. The van der Waals surface area contributed by atoms with Crippen LogP contribution in [0, 0.1) is 0 Å². The van der Waals surface area contributed by atoms with Gasteiger partial charge in [-0.3, -0.25) is 0 Å². The molecule has 0 aliphatic heterocycles. The van der Waals surface area contributed by atoms with Gasteiger partial charge in [0.2, 0.25) is 11.2 Å². The first-order valence-corrected chi connectivity index (χ1v) is 5.21. The van der Waals surface area contributed by atoms with Gasteiger partial charge in [0.1, 0.15) is 0 Å². The van der Waals surface area contributed by atoms with Crippen LogP contribution in [0.4, 0.5) is 5.95 Å². The van der Waals surface area contributed by atoms with Crippen molar-refractivity contribution < 1.29 is 0 Å². The third-order valence-corrected chi connectivity index (χ3v) is 2.28. The Balaban J connectivity index is 2.44. The Bertz CT molecular complexity index is 469. The van der Waals surface area contributed by atoms with E-state index in [1.807, 2.05) is 18.9 Å². The lowest BCUT2D eigenvalue weighted by molar-refractivity contribution is 0.779. The number of hydrogen-bond donors (Lipinski definition) is 0. The van der Waals surface area contributed by atoms with Crippen LogP contribution in [0.15, 0.2) is 18.5 Å². The van der Waals surface area contributed by atoms with Crippen molar-refractivity contribution in [2.45, 2.75) is 6.92 Å². The van der Waals surface area contributed by atoms with Crippen molar-refractivity contribution in [3.63, 3.8) is 0 Å². The number of halogens is 1. The minimum Gasteiger partial charge on any atom is -0.344 e. The molecule has 0 N–H and O–H groups in total. The summed E-state index contributed by atoms with van der Waals surface area (Å²) >= 11 is 5.84. The largest absolute Gasteiger partial charge is 0.344 e. The van der Waals surface area contributed by atoms with Gasteiger partial charge in [0, 0.05) is 26.0 Å². The van der Waals surface area contributed by atoms with Crippen molar-refractivity contribution >= 4 is 17.5 Å². The Morgan fingerprint density at radius 1 is 1.38 bits per heavy atom. The molecule has 0 bridgehead atoms. The summed E-state index contributed by atoms with van der Waals surface area (Å²) in [4.78, 5) is 14.2. The first-order chi connectivity index (χ1) is 7.70. The number of aromatic nitrogens is 5. The van der Waals surface area contributed by atoms with E-state index in [0.29, 0.717) is 11.9 Å². The first kappa shape index (κ1) is 10.8. The standard InChI is InChI=1S/C9H11ClN6/c1-3-15(2)8-12-7(10)13-9(14-8)16-6-4-5-11-16/h4-6H,3H2,1-2H3. The summed E-state index contributed by atoms with van der Waals surface area (Å²) in [5.74, 6) is 0.952. The van der Waals surface area contributed by atoms with Gasteiger partial charge in [-0.2, -0.15) is 20.1 Å². The Hall–Kier alpha value is -1.69. The summed E-state index contributed by atoms with van der Waals surface area (Å²) in [6.07, 6.45) is 3.41. The molecule has 2 aromatic heterocycles. The maximum Gasteiger partial charge on any atom is 0.256 e. The summed E-state index contributed by atoms with van der Waals surface area (Å²) < 4.78 is 1.54. The fraction of sp³-hybridized carbons (Fsp3) is 0.333. The highest BCUT2D eigenvalue weighted by molar-refractivity contribution is 6.28. The lowest BCUT2D eigenvalue weighted by Crippen LogP contribution is -2.20. The summed E-state index contributed by atoms with van der Waals surface area (Å²) in [6, 6.07) is 1.79. The summed E-state index contributed by atoms with van der Waals surface area (Å²) in [5.41, 5.74) is 0. The van der Waals surface area contributed by atoms with E-state index in [1.165, 1.54) is 0 Å². The minimum absolute atomic E-state index is 0.163. The molecule has 0 amide bonds. The van der Waals surface area contributed by atoms with E-state index in [-0.39, 0.29) is 5.28 Å². The van der Waals surface area contributed by atoms with E-state index < -0.39 is 0 Å². The van der Waals surface area contributed by atoms with Crippen molar-refractivity contribution in [2.24, 2.45) is 0 Å². The quantitative estimate of drug-likeness (QED) is 0.803. The maximum atomic E-state index is 5.84. The molecule has 84 valence electrons. The molecule has 2 aromatic rings. The molecule has 2 rings (SSSR count). The monoisotopic (exact) mass is 238 g/mol. The SMILES string of the molecule is CCN(C)c1nc(Cl)nc(-n2cccn2)n1. The molecular formula is C9H11ClN6. The Morgan fingerprint density at radius 3 is 2.81 bits per heavy atom. The highest BCUT2D eigenvalue weighted by Crippen LogP contribution is 2.11. The van der Waals surface area contributed by atoms with Gasteiger partial charge in [-0.15, -0.1) is 0 Å². The van der Waals surface area contributed by atoms with Crippen molar-refractivity contribution in [3.8, 4) is 5.95 Å². The van der Waals surface area contributed by atoms with Crippen LogP contribution in [0.5, 0.6) is 0 Å². The number of anilines is 1. The molecule has 2 heterocycles. The highest BCUT2D eigenvalue weighted by Gasteiger charge is 2.09. The molecule has 0 aromatic carbocycles. The zero-order valence-corrected chi connectivity index (χ0v) is 9.76. The zero-order chi connectivity index (χ0) is 11.5. The van der Waals surface area contributed by atoms with Gasteiger partial charge in [0.25, 0.3) is 5.95 Å². The van der Waals surface area contributed by atoms with Crippen LogP contribution >= 0.6 is 11.6 Å². The van der Waals surface area contributed by atoms with Crippen LogP contribution in [0.3, 0.4) is 0 Å². The van der Waals surface area contributed by atoms with Gasteiger partial charge in [0.05, 0.1) is 0 Å². The van der Waals surface area contributed by atoms with E-state index >= 15 is 0 Å². The molecule has 0 atom stereocenters. The van der Waals surface area contributed by atoms with Gasteiger partial charge < -0.3 is 4.90 Å². The van der Waals surface area contributed by atoms with Crippen molar-refractivity contribution in [1.29, 1.82) is 0 Å². The molecular weight excluding hydrogens is 228 g/mol. The van der Waals surface area contributed by atoms with Gasteiger partial charge in [0.15, 0.2) is 0 Å². The van der Waals surface area contributed by atoms with Crippen LogP contribution in [0.2, 0.25) is 5.28 Å². The lowest BCUT2D eigenvalue weighted by atomic mass is 10.6. The minimum atomic E-state index is 0.163. The van der Waals surface area contributed by atoms with Gasteiger partial charge >= 0.3 is 0 Å². The van der Waals surface area contributed by atoms with Gasteiger partial charge in [-0.25, -0.2) is 4.68 Å². The third kappa shape index (κ3) is 2.11. The molecule has 0 unspecified atom stereocenters. The molecule has 16 heavy (non-hydrogen) atoms. The van der Waals surface area contributed by atoms with Crippen LogP contribution in [-0.2, 0) is 0 Å². The smallest absolute Gasteiger partial charge is 0.256 e. The maximum absolute atomic E-state index is 5.84. The van der Waals surface area contributed by atoms with Crippen LogP contribution in [-0.4, -0.2) is 38.3 Å². The predicted molar refractivity (Wildman–Crippen MR) is 60.9 cm³/mol. The Kier molecular flexibility index (Phi) is 3.00. The highest BCUT2D eigenvalue weighted by atomic mass is 35.5. The van der Waals surface area contributed by atoms with Crippen LogP contribution in [0.1, 0.15) is 6.92 Å². The lowest BCUT2D eigenvalue weighted by Gasteiger charge is -2.14. The van der Waals surface area contributed by atoms with E-state index in [4.69, 9.17) is 11.6 Å². The second-order valence-electron chi connectivity index (χ2n) is 3.17. The van der Waals surface area contributed by atoms with Crippen molar-refractivity contribution in [2.75, 3.05) is 18.5 Å². The predicted octanol–water partition coefficient (Wildman–Crippen LogP) is 1.17. The summed E-state index contributed by atoms with van der Waals surface area (Å²) in [6.45, 7) is 2.80. The fourth-order valence-electron chi connectivity index (χ4n) is 1.13. The fourth-order valence-corrected chi connectivity index (χ4v) is 1.28. The van der Waals surface area contributed by atoms with E-state index in [0.717, 1.165) is 6.54 Å². The number of hydrogen-bond acceptors (Lipinski definition) is 5. The molecule has 7 heteroatoms. The Morgan fingerprint density at radius 2 is 2.19 bits per heavy atom. The van der Waals surface area contributed by atoms with Crippen LogP contribution < -0.4 is 4.90 Å². The second kappa shape index (κ2) is 4.44. The van der Waals surface area contributed by atoms with Gasteiger partial charge in [-0.1, -0.05) is 0 Å². The molecule has 0 saturated heterocycles. The molecule has 0 fully saturated rings. The van der Waals surface area contributed by atoms with E-state index in [1.54, 1.807) is 23.1 Å². The second-order valence-corrected chi connectivity index (χ2v) is 3.51. The summed E-state index contributed by atoms with van der Waals surface area (Å²) in [5, 5.41) is 4.20. The molecule has 0 aliphatic carbocycles. The zero-order valence-electron chi connectivity index (χ0n) is 9.00. The Labute approximate surface area is 97.9 Å². The van der Waals surface area contributed by atoms with Crippen molar-refractivity contribution in [3.05, 3.63) is 23.7 Å². The average molecular weight is 239 g/mol.